The van der Waals surface area contributed by atoms with Crippen LogP contribution in [0.2, 0.25) is 0 Å². The molecule has 47 heavy (non-hydrogen) atoms. The molecule has 1 radical (unpaired) electrons. The van der Waals surface area contributed by atoms with Gasteiger partial charge in [-0.25, -0.2) is 9.97 Å². The molecule has 0 saturated carbocycles. The maximum atomic E-state index is 5.46. The van der Waals surface area contributed by atoms with Crippen LogP contribution >= 0.6 is 0 Å². The average Bonchev–Trinajstić information content (AvgIpc) is 3.87. The van der Waals surface area contributed by atoms with Gasteiger partial charge in [-0.15, -0.1) is 22.8 Å². The van der Waals surface area contributed by atoms with Crippen LogP contribution in [-0.2, 0) is 27.9 Å². The monoisotopic (exact) mass is 659 g/mol. The van der Waals surface area contributed by atoms with Gasteiger partial charge in [0.25, 0.3) is 0 Å². The first-order valence-electron chi connectivity index (χ1n) is 15.8. The second-order valence-corrected chi connectivity index (χ2v) is 13.3. The van der Waals surface area contributed by atoms with Crippen LogP contribution in [0, 0.1) is 0 Å². The van der Waals surface area contributed by atoms with Crippen molar-refractivity contribution in [1.29, 1.82) is 0 Å². The van der Waals surface area contributed by atoms with Crippen LogP contribution in [0.1, 0.15) is 50.5 Å². The largest absolute Gasteiger partial charge is 2.00 e. The molecule has 0 amide bonds. The van der Waals surface area contributed by atoms with E-state index in [0.717, 1.165) is 78.7 Å². The van der Waals surface area contributed by atoms with Gasteiger partial charge in [0.05, 0.1) is 11.4 Å². The Morgan fingerprint density at radius 2 is 0.809 bits per heavy atom. The van der Waals surface area contributed by atoms with Gasteiger partial charge < -0.3 is 9.97 Å². The van der Waals surface area contributed by atoms with Crippen molar-refractivity contribution < 1.29 is 17.1 Å². The molecular formula is C40H32CuN6. The first kappa shape index (κ1) is 29.3. The number of imidazole rings is 2. The van der Waals surface area contributed by atoms with Crippen molar-refractivity contribution in [2.24, 2.45) is 0 Å². The zero-order chi connectivity index (χ0) is 31.2. The minimum atomic E-state index is -0.533. The Balaban J connectivity index is 0.00000324. The molecule has 0 aliphatic carbocycles. The van der Waals surface area contributed by atoms with E-state index in [1.165, 1.54) is 0 Å². The number of hydrogen-bond donors (Lipinski definition) is 0. The number of benzene rings is 4. The minimum Gasteiger partial charge on any atom is -0.661 e. The van der Waals surface area contributed by atoms with Gasteiger partial charge >= 0.3 is 17.1 Å². The fraction of sp³-hybridized carbons (Fsp3) is 0.150. The van der Waals surface area contributed by atoms with Gasteiger partial charge in [-0.05, 0) is 45.8 Å². The molecule has 1 aliphatic heterocycles. The van der Waals surface area contributed by atoms with Gasteiger partial charge in [0, 0.05) is 34.6 Å². The van der Waals surface area contributed by atoms with E-state index in [1.54, 1.807) is 0 Å². The summed E-state index contributed by atoms with van der Waals surface area (Å²) in [5.74, 6) is 1.55. The standard InChI is InChI=1S/C40H32N6.Cu/c1-39(2)31-23-45(25-15-7-5-8-16-25)37(41-31)38-42-32(24-46(38)26-17-9-6-10-18-26)40(3,4)36-30-22-14-12-20-28(30)34(44-36)33-27-19-11-13-21-29(27)35(39)43-33;/h5-24H,1-4H3;/q-2;+2. The van der Waals surface area contributed by atoms with Crippen LogP contribution in [-0.4, -0.2) is 19.1 Å². The molecule has 9 rings (SSSR count). The second-order valence-electron chi connectivity index (χ2n) is 13.3. The van der Waals surface area contributed by atoms with Crippen molar-refractivity contribution in [3.05, 3.63) is 144 Å². The molecule has 0 spiro atoms. The molecule has 0 atom stereocenters. The van der Waals surface area contributed by atoms with Crippen molar-refractivity contribution in [3.63, 3.8) is 0 Å². The Morgan fingerprint density at radius 1 is 0.468 bits per heavy atom. The van der Waals surface area contributed by atoms with E-state index in [0.29, 0.717) is 0 Å². The summed E-state index contributed by atoms with van der Waals surface area (Å²) in [7, 11) is 0. The topological polar surface area (TPSA) is 63.8 Å². The van der Waals surface area contributed by atoms with Crippen LogP contribution in [0.4, 0.5) is 0 Å². The Kier molecular flexibility index (Phi) is 6.52. The SMILES string of the molecule is CC1(C)c2cn(-c3ccccc3)c(n2)-c2nc(cn2-c2ccccc2)C(C)(C)c2[n-]c(c3ccccc23)-c2[n-]c1c1ccccc21.[Cu+2]. The summed E-state index contributed by atoms with van der Waals surface area (Å²) < 4.78 is 4.35. The summed E-state index contributed by atoms with van der Waals surface area (Å²) in [6.07, 6.45) is 4.33. The van der Waals surface area contributed by atoms with Crippen molar-refractivity contribution in [1.82, 2.24) is 29.1 Å². The van der Waals surface area contributed by atoms with E-state index in [-0.39, 0.29) is 17.1 Å². The number of hydrogen-bond acceptors (Lipinski definition) is 2. The minimum absolute atomic E-state index is 0. The number of fused-ring (bicyclic) bond motifs is 16. The van der Waals surface area contributed by atoms with E-state index in [9.17, 15) is 0 Å². The summed E-state index contributed by atoms with van der Waals surface area (Å²) in [5, 5.41) is 4.44. The number of para-hydroxylation sites is 2. The second kappa shape index (κ2) is 10.5. The summed E-state index contributed by atoms with van der Waals surface area (Å²) in [5.41, 5.74) is 6.61. The number of rotatable bonds is 2. The molecule has 6 nitrogen and oxygen atoms in total. The molecule has 0 saturated heterocycles. The maximum Gasteiger partial charge on any atom is 2.00 e. The third kappa shape index (κ3) is 4.23. The molecule has 233 valence electrons. The van der Waals surface area contributed by atoms with Crippen LogP contribution in [0.3, 0.4) is 0 Å². The molecule has 0 fully saturated rings. The van der Waals surface area contributed by atoms with Gasteiger partial charge in [-0.3, -0.25) is 9.13 Å². The van der Waals surface area contributed by atoms with Gasteiger partial charge in [0.1, 0.15) is 0 Å². The Labute approximate surface area is 284 Å². The fourth-order valence-electron chi connectivity index (χ4n) is 7.06. The van der Waals surface area contributed by atoms with E-state index >= 15 is 0 Å². The van der Waals surface area contributed by atoms with Crippen LogP contribution in [0.15, 0.2) is 122 Å². The van der Waals surface area contributed by atoms with E-state index in [2.05, 4.69) is 146 Å². The summed E-state index contributed by atoms with van der Waals surface area (Å²) in [4.78, 5) is 21.8. The normalized spacial score (nSPS) is 14.6. The van der Waals surface area contributed by atoms with Crippen molar-refractivity contribution in [3.8, 4) is 34.4 Å². The first-order valence-corrected chi connectivity index (χ1v) is 15.8. The number of aromatic nitrogens is 6. The van der Waals surface area contributed by atoms with Gasteiger partial charge in [0.15, 0.2) is 11.6 Å². The van der Waals surface area contributed by atoms with Crippen molar-refractivity contribution in [2.75, 3.05) is 0 Å². The van der Waals surface area contributed by atoms with Gasteiger partial charge in [-0.2, -0.15) is 0 Å². The summed E-state index contributed by atoms with van der Waals surface area (Å²) in [6, 6.07) is 37.9. The third-order valence-electron chi connectivity index (χ3n) is 9.69. The molecule has 8 bridgehead atoms. The molecule has 5 heterocycles. The predicted molar refractivity (Wildman–Crippen MR) is 184 cm³/mol. The zero-order valence-corrected chi connectivity index (χ0v) is 27.5. The summed E-state index contributed by atoms with van der Waals surface area (Å²) >= 11 is 0. The Hall–Kier alpha value is -5.10. The van der Waals surface area contributed by atoms with Crippen molar-refractivity contribution in [2.45, 2.75) is 38.5 Å². The fourth-order valence-corrected chi connectivity index (χ4v) is 7.06. The quantitative estimate of drug-likeness (QED) is 0.174. The van der Waals surface area contributed by atoms with E-state index in [1.807, 2.05) is 12.1 Å². The Morgan fingerprint density at radius 3 is 1.19 bits per heavy atom. The molecule has 0 unspecified atom stereocenters. The molecule has 1 aliphatic rings. The average molecular weight is 660 g/mol. The van der Waals surface area contributed by atoms with Crippen LogP contribution < -0.4 is 9.97 Å². The summed E-state index contributed by atoms with van der Waals surface area (Å²) in [6.45, 7) is 8.89. The number of nitrogens with zero attached hydrogens (tertiary/aromatic N) is 6. The smallest absolute Gasteiger partial charge is 0.661 e. The van der Waals surface area contributed by atoms with Crippen LogP contribution in [0.25, 0.3) is 56.0 Å². The van der Waals surface area contributed by atoms with Gasteiger partial charge in [-0.1, -0.05) is 113 Å². The molecule has 4 aromatic heterocycles. The molecule has 4 aromatic carbocycles. The molecular weight excluding hydrogens is 628 g/mol. The maximum absolute atomic E-state index is 5.46. The zero-order valence-electron chi connectivity index (χ0n) is 26.5. The third-order valence-corrected chi connectivity index (χ3v) is 9.69. The molecule has 0 N–H and O–H groups in total. The Bertz CT molecular complexity index is 2250. The van der Waals surface area contributed by atoms with Gasteiger partial charge in [0.2, 0.25) is 0 Å². The van der Waals surface area contributed by atoms with E-state index in [4.69, 9.17) is 19.9 Å². The predicted octanol–water partition coefficient (Wildman–Crippen LogP) is 8.58. The van der Waals surface area contributed by atoms with Crippen LogP contribution in [0.5, 0.6) is 0 Å². The molecule has 7 heteroatoms. The first-order chi connectivity index (χ1) is 22.3. The van der Waals surface area contributed by atoms with E-state index < -0.39 is 10.8 Å². The van der Waals surface area contributed by atoms with Crippen molar-refractivity contribution >= 4 is 21.5 Å². The molecule has 8 aromatic rings.